The molecule has 0 aliphatic carbocycles. The fourth-order valence-corrected chi connectivity index (χ4v) is 2.35. The van der Waals surface area contributed by atoms with Crippen LogP contribution in [-0.4, -0.2) is 16.1 Å². The molecule has 2 aromatic rings. The molecule has 0 spiro atoms. The number of carbonyl (C=O) groups is 1. The smallest absolute Gasteiger partial charge is 0.335 e. The van der Waals surface area contributed by atoms with Gasteiger partial charge in [-0.2, -0.15) is 0 Å². The molecule has 0 saturated heterocycles. The van der Waals surface area contributed by atoms with E-state index in [9.17, 15) is 4.79 Å². The average molecular weight is 434 g/mol. The van der Waals surface area contributed by atoms with Gasteiger partial charge in [0.2, 0.25) is 0 Å². The zero-order valence-corrected chi connectivity index (χ0v) is 13.4. The molecule has 98 valence electrons. The van der Waals surface area contributed by atoms with Crippen molar-refractivity contribution in [3.63, 3.8) is 0 Å². The SMILES string of the molecule is O=C(O)c1ccc(I)c(OCc2cncc(Br)c2)c1. The molecule has 0 bridgehead atoms. The first-order chi connectivity index (χ1) is 9.06. The molecule has 0 unspecified atom stereocenters. The van der Waals surface area contributed by atoms with Crippen LogP contribution in [0.3, 0.4) is 0 Å². The normalized spacial score (nSPS) is 10.2. The van der Waals surface area contributed by atoms with Gasteiger partial charge in [0.05, 0.1) is 9.13 Å². The molecular weight excluding hydrogens is 425 g/mol. The highest BCUT2D eigenvalue weighted by molar-refractivity contribution is 14.1. The summed E-state index contributed by atoms with van der Waals surface area (Å²) in [7, 11) is 0. The Labute approximate surface area is 132 Å². The van der Waals surface area contributed by atoms with Crippen molar-refractivity contribution in [3.8, 4) is 5.75 Å². The summed E-state index contributed by atoms with van der Waals surface area (Å²) < 4.78 is 7.38. The van der Waals surface area contributed by atoms with E-state index in [1.807, 2.05) is 6.07 Å². The van der Waals surface area contributed by atoms with Gasteiger partial charge in [-0.25, -0.2) is 4.79 Å². The van der Waals surface area contributed by atoms with E-state index in [0.29, 0.717) is 12.4 Å². The Balaban J connectivity index is 2.15. The van der Waals surface area contributed by atoms with E-state index in [2.05, 4.69) is 43.5 Å². The summed E-state index contributed by atoms with van der Waals surface area (Å²) in [5.41, 5.74) is 1.12. The van der Waals surface area contributed by atoms with Crippen LogP contribution in [0.25, 0.3) is 0 Å². The van der Waals surface area contributed by atoms with Crippen LogP contribution in [-0.2, 0) is 6.61 Å². The maximum Gasteiger partial charge on any atom is 0.335 e. The van der Waals surface area contributed by atoms with Crippen LogP contribution in [0.5, 0.6) is 5.75 Å². The minimum Gasteiger partial charge on any atom is -0.488 e. The molecule has 0 saturated carbocycles. The van der Waals surface area contributed by atoms with Crippen molar-refractivity contribution >= 4 is 44.5 Å². The second-order valence-electron chi connectivity index (χ2n) is 3.75. The van der Waals surface area contributed by atoms with Gasteiger partial charge in [-0.3, -0.25) is 4.98 Å². The van der Waals surface area contributed by atoms with E-state index in [1.165, 1.54) is 6.07 Å². The summed E-state index contributed by atoms with van der Waals surface area (Å²) in [6, 6.07) is 6.70. The van der Waals surface area contributed by atoms with Gasteiger partial charge in [-0.05, 0) is 62.8 Å². The first-order valence-electron chi connectivity index (χ1n) is 5.31. The third kappa shape index (κ3) is 3.90. The molecule has 1 N–H and O–H groups in total. The highest BCUT2D eigenvalue weighted by Gasteiger charge is 2.08. The molecule has 1 aromatic carbocycles. The topological polar surface area (TPSA) is 59.4 Å². The molecule has 0 amide bonds. The summed E-state index contributed by atoms with van der Waals surface area (Å²) in [6.07, 6.45) is 3.40. The van der Waals surface area contributed by atoms with Crippen LogP contribution in [0.2, 0.25) is 0 Å². The number of benzene rings is 1. The second-order valence-corrected chi connectivity index (χ2v) is 5.83. The number of pyridine rings is 1. The third-order valence-electron chi connectivity index (χ3n) is 2.33. The van der Waals surface area contributed by atoms with Gasteiger partial charge in [0.25, 0.3) is 0 Å². The van der Waals surface area contributed by atoms with Gasteiger partial charge in [-0.1, -0.05) is 0 Å². The Morgan fingerprint density at radius 3 is 2.84 bits per heavy atom. The number of hydrogen-bond donors (Lipinski definition) is 1. The largest absolute Gasteiger partial charge is 0.488 e. The Morgan fingerprint density at radius 2 is 2.16 bits per heavy atom. The number of halogens is 2. The highest BCUT2D eigenvalue weighted by atomic mass is 127. The lowest BCUT2D eigenvalue weighted by Gasteiger charge is -2.09. The summed E-state index contributed by atoms with van der Waals surface area (Å²) >= 11 is 5.44. The zero-order valence-electron chi connectivity index (χ0n) is 9.64. The first kappa shape index (κ1) is 14.3. The lowest BCUT2D eigenvalue weighted by molar-refractivity contribution is 0.0696. The van der Waals surface area contributed by atoms with Crippen LogP contribution in [0.15, 0.2) is 41.1 Å². The number of rotatable bonds is 4. The number of ether oxygens (including phenoxy) is 1. The average Bonchev–Trinajstić information content (AvgIpc) is 2.37. The Bertz CT molecular complexity index is 619. The van der Waals surface area contributed by atoms with Crippen LogP contribution in [0, 0.1) is 3.57 Å². The van der Waals surface area contributed by atoms with E-state index >= 15 is 0 Å². The molecule has 4 nitrogen and oxygen atoms in total. The van der Waals surface area contributed by atoms with Gasteiger partial charge >= 0.3 is 5.97 Å². The number of carboxylic acid groups (broad SMARTS) is 1. The van der Waals surface area contributed by atoms with Crippen LogP contribution in [0.4, 0.5) is 0 Å². The molecule has 2 rings (SSSR count). The van der Waals surface area contributed by atoms with Gasteiger partial charge in [0, 0.05) is 22.4 Å². The van der Waals surface area contributed by atoms with Gasteiger partial charge in [-0.15, -0.1) is 0 Å². The van der Waals surface area contributed by atoms with E-state index in [0.717, 1.165) is 13.6 Å². The van der Waals surface area contributed by atoms with Crippen molar-refractivity contribution in [3.05, 3.63) is 55.8 Å². The molecule has 0 aliphatic heterocycles. The summed E-state index contributed by atoms with van der Waals surface area (Å²) in [5, 5.41) is 8.95. The van der Waals surface area contributed by atoms with Gasteiger partial charge in [0.1, 0.15) is 12.4 Å². The lowest BCUT2D eigenvalue weighted by Crippen LogP contribution is -2.01. The van der Waals surface area contributed by atoms with Crippen LogP contribution < -0.4 is 4.74 Å². The predicted molar refractivity (Wildman–Crippen MR) is 82.4 cm³/mol. The predicted octanol–water partition coefficient (Wildman–Crippen LogP) is 3.73. The van der Waals surface area contributed by atoms with Crippen LogP contribution in [0.1, 0.15) is 15.9 Å². The summed E-state index contributed by atoms with van der Waals surface area (Å²) in [6.45, 7) is 0.339. The minimum atomic E-state index is -0.967. The maximum atomic E-state index is 10.9. The van der Waals surface area contributed by atoms with Gasteiger partial charge < -0.3 is 9.84 Å². The van der Waals surface area contributed by atoms with Crippen LogP contribution >= 0.6 is 38.5 Å². The third-order valence-corrected chi connectivity index (χ3v) is 3.66. The molecule has 6 heteroatoms. The molecule has 19 heavy (non-hydrogen) atoms. The number of nitrogens with zero attached hydrogens (tertiary/aromatic N) is 1. The molecule has 0 fully saturated rings. The van der Waals surface area contributed by atoms with E-state index < -0.39 is 5.97 Å². The highest BCUT2D eigenvalue weighted by Crippen LogP contribution is 2.23. The van der Waals surface area contributed by atoms with Gasteiger partial charge in [0.15, 0.2) is 0 Å². The Hall–Kier alpha value is -1.15. The molecule has 0 radical (unpaired) electrons. The molecule has 0 aliphatic rings. The monoisotopic (exact) mass is 433 g/mol. The fourth-order valence-electron chi connectivity index (χ4n) is 1.44. The van der Waals surface area contributed by atoms with E-state index in [4.69, 9.17) is 9.84 Å². The zero-order chi connectivity index (χ0) is 13.8. The minimum absolute atomic E-state index is 0.211. The van der Waals surface area contributed by atoms with E-state index in [1.54, 1.807) is 24.5 Å². The Kier molecular flexibility index (Phi) is 4.76. The van der Waals surface area contributed by atoms with Crippen molar-refractivity contribution in [2.24, 2.45) is 0 Å². The summed E-state index contributed by atoms with van der Waals surface area (Å²) in [5.74, 6) is -0.411. The summed E-state index contributed by atoms with van der Waals surface area (Å²) in [4.78, 5) is 15.0. The molecular formula is C13H9BrINO3. The first-order valence-corrected chi connectivity index (χ1v) is 7.18. The quantitative estimate of drug-likeness (QED) is 0.746. The van der Waals surface area contributed by atoms with Crippen molar-refractivity contribution < 1.29 is 14.6 Å². The number of aromatic carboxylic acids is 1. The standard InChI is InChI=1S/C13H9BrINO3/c14-10-3-8(5-16-6-10)7-19-12-4-9(13(17)18)1-2-11(12)15/h1-6H,7H2,(H,17,18). The number of carboxylic acids is 1. The lowest BCUT2D eigenvalue weighted by atomic mass is 10.2. The number of aromatic nitrogens is 1. The molecule has 1 aromatic heterocycles. The van der Waals surface area contributed by atoms with Crippen molar-refractivity contribution in [2.75, 3.05) is 0 Å². The second kappa shape index (κ2) is 6.33. The van der Waals surface area contributed by atoms with Crippen molar-refractivity contribution in [1.82, 2.24) is 4.98 Å². The maximum absolute atomic E-state index is 10.9. The van der Waals surface area contributed by atoms with Crippen molar-refractivity contribution in [1.29, 1.82) is 0 Å². The van der Waals surface area contributed by atoms with Crippen molar-refractivity contribution in [2.45, 2.75) is 6.61 Å². The van der Waals surface area contributed by atoms with E-state index in [-0.39, 0.29) is 5.56 Å². The molecule has 0 atom stereocenters. The Morgan fingerprint density at radius 1 is 1.37 bits per heavy atom. The number of hydrogen-bond acceptors (Lipinski definition) is 3. The fraction of sp³-hybridized carbons (Fsp3) is 0.0769. The molecule has 1 heterocycles.